The fourth-order valence-corrected chi connectivity index (χ4v) is 3.00. The van der Waals surface area contributed by atoms with Crippen molar-refractivity contribution in [1.82, 2.24) is 9.97 Å². The zero-order chi connectivity index (χ0) is 13.1. The van der Waals surface area contributed by atoms with Crippen molar-refractivity contribution >= 4 is 15.9 Å². The monoisotopic (exact) mass is 314 g/mol. The summed E-state index contributed by atoms with van der Waals surface area (Å²) in [5.41, 5.74) is 0.797. The van der Waals surface area contributed by atoms with Gasteiger partial charge in [-0.1, -0.05) is 12.8 Å². The molecule has 1 aromatic heterocycles. The van der Waals surface area contributed by atoms with Crippen molar-refractivity contribution < 1.29 is 4.74 Å². The summed E-state index contributed by atoms with van der Waals surface area (Å²) in [6.45, 7) is 4.46. The first-order valence-electron chi connectivity index (χ1n) is 6.54. The van der Waals surface area contributed by atoms with E-state index >= 15 is 0 Å². The topological polar surface area (TPSA) is 55.0 Å². The van der Waals surface area contributed by atoms with E-state index in [9.17, 15) is 4.79 Å². The fourth-order valence-electron chi connectivity index (χ4n) is 2.49. The van der Waals surface area contributed by atoms with E-state index < -0.39 is 0 Å². The van der Waals surface area contributed by atoms with Gasteiger partial charge in [-0.15, -0.1) is 0 Å². The molecule has 0 saturated heterocycles. The number of H-pyrrole nitrogens is 1. The van der Waals surface area contributed by atoms with Crippen LogP contribution in [0.1, 0.15) is 63.1 Å². The van der Waals surface area contributed by atoms with Crippen molar-refractivity contribution in [3.05, 3.63) is 26.3 Å². The Morgan fingerprint density at radius 3 is 2.78 bits per heavy atom. The van der Waals surface area contributed by atoms with Crippen molar-refractivity contribution in [3.63, 3.8) is 0 Å². The molecule has 0 aliphatic heterocycles. The van der Waals surface area contributed by atoms with Gasteiger partial charge in [0.2, 0.25) is 0 Å². The summed E-state index contributed by atoms with van der Waals surface area (Å²) >= 11 is 3.37. The molecule has 0 amide bonds. The molecule has 1 fully saturated rings. The molecule has 100 valence electrons. The Bertz CT molecular complexity index is 467. The molecule has 0 radical (unpaired) electrons. The van der Waals surface area contributed by atoms with Crippen LogP contribution in [0.5, 0.6) is 0 Å². The molecule has 4 nitrogen and oxygen atoms in total. The van der Waals surface area contributed by atoms with E-state index in [0.717, 1.165) is 18.5 Å². The van der Waals surface area contributed by atoms with Crippen LogP contribution in [-0.4, -0.2) is 16.6 Å². The maximum Gasteiger partial charge on any atom is 0.265 e. The zero-order valence-electron chi connectivity index (χ0n) is 10.8. The van der Waals surface area contributed by atoms with Crippen LogP contribution in [0.25, 0.3) is 0 Å². The SMILES string of the molecule is CCOC(C)c1nc(C2CCCC2)c(Br)c(=O)[nH]1. The third-order valence-corrected chi connectivity index (χ3v) is 4.22. The van der Waals surface area contributed by atoms with Crippen LogP contribution in [0.4, 0.5) is 0 Å². The number of hydrogen-bond acceptors (Lipinski definition) is 3. The number of nitrogens with zero attached hydrogens (tertiary/aromatic N) is 1. The average Bonchev–Trinajstić information content (AvgIpc) is 2.86. The van der Waals surface area contributed by atoms with E-state index in [4.69, 9.17) is 4.74 Å². The van der Waals surface area contributed by atoms with Crippen LogP contribution in [0.15, 0.2) is 9.27 Å². The van der Waals surface area contributed by atoms with Gasteiger partial charge < -0.3 is 9.72 Å². The largest absolute Gasteiger partial charge is 0.371 e. The highest BCUT2D eigenvalue weighted by Gasteiger charge is 2.24. The van der Waals surface area contributed by atoms with Gasteiger partial charge in [0.15, 0.2) is 0 Å². The summed E-state index contributed by atoms with van der Waals surface area (Å²) in [6.07, 6.45) is 4.52. The van der Waals surface area contributed by atoms with E-state index in [-0.39, 0.29) is 11.7 Å². The Kier molecular flexibility index (Phi) is 4.56. The zero-order valence-corrected chi connectivity index (χ0v) is 12.4. The second-order valence-corrected chi connectivity index (χ2v) is 5.52. The Morgan fingerprint density at radius 1 is 1.50 bits per heavy atom. The van der Waals surface area contributed by atoms with E-state index in [0.29, 0.717) is 22.8 Å². The van der Waals surface area contributed by atoms with Gasteiger partial charge in [0, 0.05) is 12.5 Å². The molecule has 1 atom stereocenters. The maximum atomic E-state index is 11.9. The minimum atomic E-state index is -0.170. The van der Waals surface area contributed by atoms with Crippen molar-refractivity contribution in [2.45, 2.75) is 51.6 Å². The molecule has 1 aromatic rings. The summed E-state index contributed by atoms with van der Waals surface area (Å²) in [5.74, 6) is 1.04. The molecule has 1 aliphatic rings. The summed E-state index contributed by atoms with van der Waals surface area (Å²) in [5, 5.41) is 0. The standard InChI is InChI=1S/C13H19BrN2O2/c1-3-18-8(2)12-15-11(9-6-4-5-7-9)10(14)13(17)16-12/h8-9H,3-7H2,1-2H3,(H,15,16,17). The van der Waals surface area contributed by atoms with Crippen molar-refractivity contribution in [2.75, 3.05) is 6.61 Å². The smallest absolute Gasteiger partial charge is 0.265 e. The Labute approximate surface area is 115 Å². The van der Waals surface area contributed by atoms with Gasteiger partial charge in [0.05, 0.1) is 5.69 Å². The molecule has 1 N–H and O–H groups in total. The van der Waals surface area contributed by atoms with Gasteiger partial charge in [-0.25, -0.2) is 4.98 Å². The van der Waals surface area contributed by atoms with E-state index in [1.807, 2.05) is 13.8 Å². The van der Waals surface area contributed by atoms with Crippen LogP contribution in [0.2, 0.25) is 0 Å². The molecule has 0 spiro atoms. The van der Waals surface area contributed by atoms with Crippen LogP contribution in [0, 0.1) is 0 Å². The third-order valence-electron chi connectivity index (χ3n) is 3.45. The second kappa shape index (κ2) is 5.97. The molecule has 5 heteroatoms. The van der Waals surface area contributed by atoms with Gasteiger partial charge in [-0.3, -0.25) is 4.79 Å². The molecule has 18 heavy (non-hydrogen) atoms. The minimum absolute atomic E-state index is 0.103. The summed E-state index contributed by atoms with van der Waals surface area (Å²) in [7, 11) is 0. The molecule has 1 saturated carbocycles. The molecule has 1 aliphatic carbocycles. The highest BCUT2D eigenvalue weighted by molar-refractivity contribution is 9.10. The summed E-state index contributed by atoms with van der Waals surface area (Å²) in [6, 6.07) is 0. The number of rotatable bonds is 4. The first-order valence-corrected chi connectivity index (χ1v) is 7.34. The van der Waals surface area contributed by atoms with Gasteiger partial charge >= 0.3 is 0 Å². The quantitative estimate of drug-likeness (QED) is 0.927. The summed E-state index contributed by atoms with van der Waals surface area (Å²) in [4.78, 5) is 19.3. The van der Waals surface area contributed by atoms with E-state index in [1.165, 1.54) is 12.8 Å². The van der Waals surface area contributed by atoms with Crippen molar-refractivity contribution in [2.24, 2.45) is 0 Å². The van der Waals surface area contributed by atoms with Crippen LogP contribution >= 0.6 is 15.9 Å². The number of nitrogens with one attached hydrogen (secondary N) is 1. The molecular weight excluding hydrogens is 296 g/mol. The van der Waals surface area contributed by atoms with Crippen LogP contribution < -0.4 is 5.56 Å². The molecular formula is C13H19BrN2O2. The van der Waals surface area contributed by atoms with Crippen LogP contribution in [-0.2, 0) is 4.74 Å². The lowest BCUT2D eigenvalue weighted by molar-refractivity contribution is 0.0696. The molecule has 0 bridgehead atoms. The number of hydrogen-bond donors (Lipinski definition) is 1. The predicted octanol–water partition coefficient (Wildman–Crippen LogP) is 3.29. The lowest BCUT2D eigenvalue weighted by Gasteiger charge is -2.15. The Balaban J connectivity index is 2.36. The number of ether oxygens (including phenoxy) is 1. The number of aromatic amines is 1. The van der Waals surface area contributed by atoms with Crippen molar-refractivity contribution in [1.29, 1.82) is 0 Å². The van der Waals surface area contributed by atoms with Gasteiger partial charge in [-0.2, -0.15) is 0 Å². The maximum absolute atomic E-state index is 11.9. The van der Waals surface area contributed by atoms with Gasteiger partial charge in [-0.05, 0) is 42.6 Å². The Hall–Kier alpha value is -0.680. The van der Waals surface area contributed by atoms with Gasteiger partial charge in [0.1, 0.15) is 16.4 Å². The fraction of sp³-hybridized carbons (Fsp3) is 0.692. The van der Waals surface area contributed by atoms with E-state index in [2.05, 4.69) is 25.9 Å². The first kappa shape index (κ1) is 13.7. The lowest BCUT2D eigenvalue weighted by atomic mass is 10.0. The molecule has 1 unspecified atom stereocenters. The molecule has 0 aromatic carbocycles. The highest BCUT2D eigenvalue weighted by Crippen LogP contribution is 2.35. The number of halogens is 1. The second-order valence-electron chi connectivity index (χ2n) is 4.73. The Morgan fingerprint density at radius 2 is 2.17 bits per heavy atom. The minimum Gasteiger partial charge on any atom is -0.371 e. The normalized spacial score (nSPS) is 18.2. The average molecular weight is 315 g/mol. The van der Waals surface area contributed by atoms with Crippen LogP contribution in [0.3, 0.4) is 0 Å². The lowest BCUT2D eigenvalue weighted by Crippen LogP contribution is -2.19. The number of aromatic nitrogens is 2. The van der Waals surface area contributed by atoms with Gasteiger partial charge in [0.25, 0.3) is 5.56 Å². The summed E-state index contributed by atoms with van der Waals surface area (Å²) < 4.78 is 6.08. The molecule has 2 rings (SSSR count). The highest BCUT2D eigenvalue weighted by atomic mass is 79.9. The van der Waals surface area contributed by atoms with E-state index in [1.54, 1.807) is 0 Å². The first-order chi connectivity index (χ1) is 8.63. The van der Waals surface area contributed by atoms with Crippen molar-refractivity contribution in [3.8, 4) is 0 Å². The predicted molar refractivity (Wildman–Crippen MR) is 73.8 cm³/mol. The molecule has 1 heterocycles. The third kappa shape index (κ3) is 2.83.